The fourth-order valence-electron chi connectivity index (χ4n) is 3.75. The lowest BCUT2D eigenvalue weighted by Crippen LogP contribution is -2.41. The summed E-state index contributed by atoms with van der Waals surface area (Å²) in [5, 5.41) is 11.1. The van der Waals surface area contributed by atoms with Crippen LogP contribution in [-0.4, -0.2) is 18.4 Å². The summed E-state index contributed by atoms with van der Waals surface area (Å²) in [6, 6.07) is 15.1. The number of carbonyl (C=O) groups is 1. The maximum Gasteiger partial charge on any atom is 0.249 e. The quantitative estimate of drug-likeness (QED) is 0.794. The molecule has 140 valence electrons. The van der Waals surface area contributed by atoms with Gasteiger partial charge in [-0.15, -0.1) is 0 Å². The molecule has 0 heterocycles. The van der Waals surface area contributed by atoms with Crippen molar-refractivity contribution in [1.82, 2.24) is 5.32 Å². The Morgan fingerprint density at radius 2 is 1.89 bits per heavy atom. The molecule has 27 heavy (non-hydrogen) atoms. The van der Waals surface area contributed by atoms with E-state index in [1.165, 1.54) is 12.1 Å². The van der Waals surface area contributed by atoms with Crippen LogP contribution in [0.15, 0.2) is 48.5 Å². The zero-order valence-corrected chi connectivity index (χ0v) is 14.6. The van der Waals surface area contributed by atoms with Gasteiger partial charge in [0.05, 0.1) is 12.0 Å². The van der Waals surface area contributed by atoms with Gasteiger partial charge in [0, 0.05) is 12.8 Å². The minimum absolute atomic E-state index is 0.163. The van der Waals surface area contributed by atoms with Crippen LogP contribution in [0.1, 0.15) is 30.7 Å². The van der Waals surface area contributed by atoms with Gasteiger partial charge in [-0.3, -0.25) is 4.79 Å². The number of nitrogens with one attached hydrogen (secondary N) is 1. The molecule has 3 rings (SSSR count). The third-order valence-electron chi connectivity index (χ3n) is 5.02. The number of halogens is 3. The van der Waals surface area contributed by atoms with Crippen molar-refractivity contribution in [2.24, 2.45) is 5.92 Å². The minimum Gasteiger partial charge on any atom is -0.343 e. The number of hydrogen-bond acceptors (Lipinski definition) is 2. The molecule has 1 fully saturated rings. The average molecular weight is 372 g/mol. The number of nitriles is 1. The van der Waals surface area contributed by atoms with E-state index in [0.29, 0.717) is 0 Å². The Labute approximate surface area is 155 Å². The standard InChI is InChI=1S/C21H19F3N2O/c22-15-7-5-14(6-8-15)16-3-1-2-4-17(16)18-9-10-21(23,24)13-19(18)20(27)26-12-11-25/h1-8,18-19H,9-10,12-13H2,(H,26,27)/t18-,19+/m0/s1. The van der Waals surface area contributed by atoms with Crippen molar-refractivity contribution >= 4 is 5.91 Å². The highest BCUT2D eigenvalue weighted by atomic mass is 19.3. The maximum absolute atomic E-state index is 14.0. The molecule has 3 nitrogen and oxygen atoms in total. The van der Waals surface area contributed by atoms with Crippen LogP contribution in [0.3, 0.4) is 0 Å². The first-order valence-electron chi connectivity index (χ1n) is 8.78. The van der Waals surface area contributed by atoms with E-state index in [1.54, 1.807) is 24.3 Å². The summed E-state index contributed by atoms with van der Waals surface area (Å²) in [6.07, 6.45) is -0.681. The lowest BCUT2D eigenvalue weighted by Gasteiger charge is -2.36. The third kappa shape index (κ3) is 4.30. The Hall–Kier alpha value is -2.81. The normalized spacial score (nSPS) is 21.3. The first-order valence-corrected chi connectivity index (χ1v) is 8.78. The van der Waals surface area contributed by atoms with E-state index >= 15 is 0 Å². The summed E-state index contributed by atoms with van der Waals surface area (Å²) >= 11 is 0. The molecule has 6 heteroatoms. The molecule has 1 amide bonds. The number of rotatable bonds is 4. The third-order valence-corrected chi connectivity index (χ3v) is 5.02. The van der Waals surface area contributed by atoms with Gasteiger partial charge in [0.15, 0.2) is 0 Å². The van der Waals surface area contributed by atoms with Crippen LogP contribution in [0.2, 0.25) is 0 Å². The van der Waals surface area contributed by atoms with E-state index in [0.717, 1.165) is 16.7 Å². The van der Waals surface area contributed by atoms with Gasteiger partial charge in [0.25, 0.3) is 0 Å². The first kappa shape index (κ1) is 19.0. The fourth-order valence-corrected chi connectivity index (χ4v) is 3.75. The molecule has 1 N–H and O–H groups in total. The molecule has 0 spiro atoms. The van der Waals surface area contributed by atoms with Gasteiger partial charge < -0.3 is 5.32 Å². The molecule has 2 aromatic rings. The average Bonchev–Trinajstić information content (AvgIpc) is 2.66. The van der Waals surface area contributed by atoms with Gasteiger partial charge in [-0.1, -0.05) is 36.4 Å². The molecule has 0 bridgehead atoms. The van der Waals surface area contributed by atoms with Crippen molar-refractivity contribution in [2.45, 2.75) is 31.1 Å². The maximum atomic E-state index is 14.0. The van der Waals surface area contributed by atoms with E-state index < -0.39 is 30.1 Å². The second-order valence-corrected chi connectivity index (χ2v) is 6.78. The van der Waals surface area contributed by atoms with Gasteiger partial charge >= 0.3 is 0 Å². The highest BCUT2D eigenvalue weighted by Crippen LogP contribution is 2.47. The monoisotopic (exact) mass is 372 g/mol. The second kappa shape index (κ2) is 7.83. The molecule has 2 aromatic carbocycles. The topological polar surface area (TPSA) is 52.9 Å². The van der Waals surface area contributed by atoms with Crippen molar-refractivity contribution in [2.75, 3.05) is 6.54 Å². The van der Waals surface area contributed by atoms with Gasteiger partial charge in [-0.05, 0) is 41.2 Å². The molecule has 0 radical (unpaired) electrons. The van der Waals surface area contributed by atoms with Crippen LogP contribution in [0.4, 0.5) is 13.2 Å². The lowest BCUT2D eigenvalue weighted by atomic mass is 9.72. The van der Waals surface area contributed by atoms with E-state index in [1.807, 2.05) is 18.2 Å². The van der Waals surface area contributed by atoms with Crippen molar-refractivity contribution < 1.29 is 18.0 Å². The molecule has 1 aliphatic carbocycles. The van der Waals surface area contributed by atoms with Crippen LogP contribution in [-0.2, 0) is 4.79 Å². The zero-order chi connectivity index (χ0) is 19.4. The Balaban J connectivity index is 1.99. The van der Waals surface area contributed by atoms with Crippen molar-refractivity contribution in [3.05, 3.63) is 59.9 Å². The molecule has 1 aliphatic rings. The summed E-state index contributed by atoms with van der Waals surface area (Å²) in [7, 11) is 0. The lowest BCUT2D eigenvalue weighted by molar-refractivity contribution is -0.133. The number of amides is 1. The van der Waals surface area contributed by atoms with Crippen LogP contribution < -0.4 is 5.32 Å². The molecular formula is C21H19F3N2O. The zero-order valence-electron chi connectivity index (χ0n) is 14.6. The number of alkyl halides is 2. The van der Waals surface area contributed by atoms with Gasteiger partial charge in [0.2, 0.25) is 11.8 Å². The molecule has 1 saturated carbocycles. The summed E-state index contributed by atoms with van der Waals surface area (Å²) in [5.74, 6) is -5.12. The SMILES string of the molecule is N#CCNC(=O)[C@@H]1CC(F)(F)CC[C@H]1c1ccccc1-c1ccc(F)cc1. The fraction of sp³-hybridized carbons (Fsp3) is 0.333. The Morgan fingerprint density at radius 1 is 1.19 bits per heavy atom. The van der Waals surface area contributed by atoms with Crippen molar-refractivity contribution in [1.29, 1.82) is 5.26 Å². The van der Waals surface area contributed by atoms with Gasteiger partial charge in [-0.25, -0.2) is 13.2 Å². The summed E-state index contributed by atoms with van der Waals surface area (Å²) in [6.45, 7) is -0.215. The largest absolute Gasteiger partial charge is 0.343 e. The van der Waals surface area contributed by atoms with Gasteiger partial charge in [0.1, 0.15) is 12.4 Å². The predicted octanol–water partition coefficient (Wildman–Crippen LogP) is 4.65. The van der Waals surface area contributed by atoms with E-state index in [2.05, 4.69) is 5.32 Å². The second-order valence-electron chi connectivity index (χ2n) is 6.78. The highest BCUT2D eigenvalue weighted by Gasteiger charge is 2.45. The molecule has 0 unspecified atom stereocenters. The van der Waals surface area contributed by atoms with E-state index in [4.69, 9.17) is 5.26 Å². The molecule has 2 atom stereocenters. The number of benzene rings is 2. The summed E-state index contributed by atoms with van der Waals surface area (Å²) < 4.78 is 41.3. The molecular weight excluding hydrogens is 353 g/mol. The summed E-state index contributed by atoms with van der Waals surface area (Å²) in [4.78, 5) is 12.5. The molecule has 0 saturated heterocycles. The van der Waals surface area contributed by atoms with Crippen LogP contribution in [0, 0.1) is 23.1 Å². The van der Waals surface area contributed by atoms with E-state index in [-0.39, 0.29) is 25.2 Å². The number of nitrogens with zero attached hydrogens (tertiary/aromatic N) is 1. The minimum atomic E-state index is -2.91. The van der Waals surface area contributed by atoms with Crippen molar-refractivity contribution in [3.63, 3.8) is 0 Å². The predicted molar refractivity (Wildman–Crippen MR) is 95.5 cm³/mol. The first-order chi connectivity index (χ1) is 12.9. The molecule has 0 aromatic heterocycles. The van der Waals surface area contributed by atoms with Crippen LogP contribution in [0.25, 0.3) is 11.1 Å². The Morgan fingerprint density at radius 3 is 2.59 bits per heavy atom. The Bertz CT molecular complexity index is 858. The van der Waals surface area contributed by atoms with Crippen LogP contribution in [0.5, 0.6) is 0 Å². The number of hydrogen-bond donors (Lipinski definition) is 1. The smallest absolute Gasteiger partial charge is 0.249 e. The van der Waals surface area contributed by atoms with Crippen molar-refractivity contribution in [3.8, 4) is 17.2 Å². The van der Waals surface area contributed by atoms with Gasteiger partial charge in [-0.2, -0.15) is 5.26 Å². The summed E-state index contributed by atoms with van der Waals surface area (Å²) in [5.41, 5.74) is 2.35. The Kier molecular flexibility index (Phi) is 5.50. The molecule has 0 aliphatic heterocycles. The number of carbonyl (C=O) groups excluding carboxylic acids is 1. The van der Waals surface area contributed by atoms with E-state index in [9.17, 15) is 18.0 Å². The van der Waals surface area contributed by atoms with Crippen LogP contribution >= 0.6 is 0 Å². The highest BCUT2D eigenvalue weighted by molar-refractivity contribution is 5.81.